The highest BCUT2D eigenvalue weighted by Gasteiger charge is 2.38. The van der Waals surface area contributed by atoms with Crippen LogP contribution in [0, 0.1) is 0 Å². The molecule has 0 bridgehead atoms. The fraction of sp³-hybridized carbons (Fsp3) is 0.417. The average Bonchev–Trinajstić information content (AvgIpc) is 3.19. The van der Waals surface area contributed by atoms with Gasteiger partial charge in [0.05, 0.1) is 4.90 Å². The zero-order chi connectivity index (χ0) is 22.7. The molecular formula is C24H29N3O4S. The molecule has 2 aromatic carbocycles. The van der Waals surface area contributed by atoms with Gasteiger partial charge in [-0.25, -0.2) is 8.42 Å². The van der Waals surface area contributed by atoms with Gasteiger partial charge in [0.2, 0.25) is 21.8 Å². The summed E-state index contributed by atoms with van der Waals surface area (Å²) in [6.45, 7) is 2.96. The average molecular weight is 456 g/mol. The van der Waals surface area contributed by atoms with E-state index >= 15 is 0 Å². The fourth-order valence-corrected chi connectivity index (χ4v) is 6.10. The van der Waals surface area contributed by atoms with E-state index in [0.29, 0.717) is 43.7 Å². The van der Waals surface area contributed by atoms with Gasteiger partial charge in [-0.2, -0.15) is 4.31 Å². The standard InChI is InChI=1S/C24H29N3O4S/c1-18(28)27-22-11-10-21(32(30,31)26-14-6-3-7-15-26)16-20(22)17-23(27)24(29)25-13-12-19-8-4-2-5-9-19/h2,4-5,8-11,16,23H,3,6-7,12-15,17H2,1H3,(H,25,29)/t23-/m0/s1. The number of anilines is 1. The number of sulfonamides is 1. The third kappa shape index (κ3) is 4.56. The Bertz CT molecular complexity index is 1100. The Kier molecular flexibility index (Phi) is 6.62. The highest BCUT2D eigenvalue weighted by molar-refractivity contribution is 7.89. The summed E-state index contributed by atoms with van der Waals surface area (Å²) >= 11 is 0. The van der Waals surface area contributed by atoms with Crippen LogP contribution in [0.15, 0.2) is 53.4 Å². The Morgan fingerprint density at radius 1 is 1.03 bits per heavy atom. The molecule has 0 aromatic heterocycles. The largest absolute Gasteiger partial charge is 0.354 e. The lowest BCUT2D eigenvalue weighted by Crippen LogP contribution is -2.47. The van der Waals surface area contributed by atoms with Crippen LogP contribution in [0.2, 0.25) is 0 Å². The number of nitrogens with zero attached hydrogens (tertiary/aromatic N) is 2. The first kappa shape index (κ1) is 22.5. The first-order valence-electron chi connectivity index (χ1n) is 11.1. The van der Waals surface area contributed by atoms with Crippen molar-refractivity contribution in [3.8, 4) is 0 Å². The highest BCUT2D eigenvalue weighted by Crippen LogP contribution is 2.35. The SMILES string of the molecule is CC(=O)N1c2ccc(S(=O)(=O)N3CCCCC3)cc2C[C@H]1C(=O)NCCc1ccccc1. The van der Waals surface area contributed by atoms with Gasteiger partial charge in [-0.3, -0.25) is 14.5 Å². The highest BCUT2D eigenvalue weighted by atomic mass is 32.2. The number of benzene rings is 2. The van der Waals surface area contributed by atoms with Gasteiger partial charge in [0.1, 0.15) is 6.04 Å². The number of hydrogen-bond acceptors (Lipinski definition) is 4. The summed E-state index contributed by atoms with van der Waals surface area (Å²) in [6, 6.07) is 14.0. The molecular weight excluding hydrogens is 426 g/mol. The third-order valence-corrected chi connectivity index (χ3v) is 8.08. The third-order valence-electron chi connectivity index (χ3n) is 6.19. The van der Waals surface area contributed by atoms with Gasteiger partial charge in [0.25, 0.3) is 0 Å². The monoisotopic (exact) mass is 455 g/mol. The molecule has 0 radical (unpaired) electrons. The quantitative estimate of drug-likeness (QED) is 0.725. The van der Waals surface area contributed by atoms with Crippen LogP contribution in [0.4, 0.5) is 5.69 Å². The van der Waals surface area contributed by atoms with Crippen molar-refractivity contribution in [1.82, 2.24) is 9.62 Å². The van der Waals surface area contributed by atoms with Crippen LogP contribution >= 0.6 is 0 Å². The normalized spacial score (nSPS) is 18.9. The number of nitrogens with one attached hydrogen (secondary N) is 1. The molecule has 0 spiro atoms. The first-order valence-corrected chi connectivity index (χ1v) is 12.6. The maximum atomic E-state index is 13.1. The number of amides is 2. The van der Waals surface area contributed by atoms with E-state index in [4.69, 9.17) is 0 Å². The van der Waals surface area contributed by atoms with Crippen LogP contribution in [-0.4, -0.2) is 50.2 Å². The minimum absolute atomic E-state index is 0.229. The smallest absolute Gasteiger partial charge is 0.243 e. The molecule has 8 heteroatoms. The van der Waals surface area contributed by atoms with Gasteiger partial charge < -0.3 is 5.32 Å². The van der Waals surface area contributed by atoms with Crippen LogP contribution in [0.1, 0.15) is 37.3 Å². The van der Waals surface area contributed by atoms with E-state index in [9.17, 15) is 18.0 Å². The second kappa shape index (κ2) is 9.42. The Balaban J connectivity index is 1.50. The minimum Gasteiger partial charge on any atom is -0.354 e. The lowest BCUT2D eigenvalue weighted by Gasteiger charge is -2.26. The molecule has 2 amide bonds. The maximum Gasteiger partial charge on any atom is 0.243 e. The Labute approximate surface area is 189 Å². The number of piperidine rings is 1. The van der Waals surface area contributed by atoms with E-state index in [1.807, 2.05) is 30.3 Å². The van der Waals surface area contributed by atoms with E-state index in [-0.39, 0.29) is 16.7 Å². The number of carbonyl (C=O) groups excluding carboxylic acids is 2. The number of hydrogen-bond donors (Lipinski definition) is 1. The zero-order valence-corrected chi connectivity index (χ0v) is 19.1. The Morgan fingerprint density at radius 2 is 1.75 bits per heavy atom. The molecule has 1 atom stereocenters. The van der Waals surface area contributed by atoms with E-state index in [2.05, 4.69) is 5.32 Å². The molecule has 1 fully saturated rings. The Hall–Kier alpha value is -2.71. The number of fused-ring (bicyclic) bond motifs is 1. The van der Waals surface area contributed by atoms with Crippen molar-refractivity contribution in [2.45, 2.75) is 50.0 Å². The molecule has 0 unspecified atom stereocenters. The van der Waals surface area contributed by atoms with Crippen molar-refractivity contribution in [3.05, 3.63) is 59.7 Å². The number of carbonyl (C=O) groups is 2. The Morgan fingerprint density at radius 3 is 2.44 bits per heavy atom. The molecule has 1 N–H and O–H groups in total. The predicted octanol–water partition coefficient (Wildman–Crippen LogP) is 2.50. The molecule has 2 aromatic rings. The van der Waals surface area contributed by atoms with Crippen molar-refractivity contribution in [2.75, 3.05) is 24.5 Å². The molecule has 0 saturated carbocycles. The van der Waals surface area contributed by atoms with E-state index in [1.165, 1.54) is 16.1 Å². The molecule has 1 saturated heterocycles. The lowest BCUT2D eigenvalue weighted by molar-refractivity contribution is -0.125. The number of rotatable bonds is 6. The van der Waals surface area contributed by atoms with Crippen LogP contribution in [-0.2, 0) is 32.5 Å². The minimum atomic E-state index is -3.57. The maximum absolute atomic E-state index is 13.1. The summed E-state index contributed by atoms with van der Waals surface area (Å²) in [5.41, 5.74) is 2.44. The summed E-state index contributed by atoms with van der Waals surface area (Å²) in [5.74, 6) is -0.466. The summed E-state index contributed by atoms with van der Waals surface area (Å²) in [4.78, 5) is 27.0. The van der Waals surface area contributed by atoms with Gasteiger partial charge >= 0.3 is 0 Å². The lowest BCUT2D eigenvalue weighted by atomic mass is 10.1. The van der Waals surface area contributed by atoms with Crippen LogP contribution in [0.3, 0.4) is 0 Å². The summed E-state index contributed by atoms with van der Waals surface area (Å²) in [5, 5.41) is 2.93. The molecule has 2 heterocycles. The molecule has 170 valence electrons. The van der Waals surface area contributed by atoms with Crippen molar-refractivity contribution in [3.63, 3.8) is 0 Å². The van der Waals surface area contributed by atoms with Crippen LogP contribution in [0.5, 0.6) is 0 Å². The zero-order valence-electron chi connectivity index (χ0n) is 18.3. The van der Waals surface area contributed by atoms with E-state index in [0.717, 1.165) is 24.8 Å². The van der Waals surface area contributed by atoms with Crippen molar-refractivity contribution in [2.24, 2.45) is 0 Å². The predicted molar refractivity (Wildman–Crippen MR) is 123 cm³/mol. The first-order chi connectivity index (χ1) is 15.4. The second-order valence-electron chi connectivity index (χ2n) is 8.39. The molecule has 32 heavy (non-hydrogen) atoms. The van der Waals surface area contributed by atoms with Gasteiger partial charge in [0.15, 0.2) is 0 Å². The van der Waals surface area contributed by atoms with Crippen molar-refractivity contribution < 1.29 is 18.0 Å². The van der Waals surface area contributed by atoms with Gasteiger partial charge in [-0.05, 0) is 48.6 Å². The molecule has 7 nitrogen and oxygen atoms in total. The molecule has 2 aliphatic heterocycles. The van der Waals surface area contributed by atoms with Crippen LogP contribution in [0.25, 0.3) is 0 Å². The van der Waals surface area contributed by atoms with Crippen molar-refractivity contribution in [1.29, 1.82) is 0 Å². The topological polar surface area (TPSA) is 86.8 Å². The second-order valence-corrected chi connectivity index (χ2v) is 10.3. The van der Waals surface area contributed by atoms with Crippen LogP contribution < -0.4 is 10.2 Å². The van der Waals surface area contributed by atoms with Gasteiger partial charge in [0, 0.05) is 38.7 Å². The molecule has 2 aliphatic rings. The van der Waals surface area contributed by atoms with E-state index in [1.54, 1.807) is 18.2 Å². The van der Waals surface area contributed by atoms with Gasteiger partial charge in [-0.15, -0.1) is 0 Å². The van der Waals surface area contributed by atoms with Crippen molar-refractivity contribution >= 4 is 27.5 Å². The summed E-state index contributed by atoms with van der Waals surface area (Å²) in [7, 11) is -3.57. The summed E-state index contributed by atoms with van der Waals surface area (Å²) < 4.78 is 27.7. The molecule has 0 aliphatic carbocycles. The summed E-state index contributed by atoms with van der Waals surface area (Å²) in [6.07, 6.45) is 3.78. The van der Waals surface area contributed by atoms with Gasteiger partial charge in [-0.1, -0.05) is 36.8 Å². The fourth-order valence-electron chi connectivity index (χ4n) is 4.53. The molecule has 4 rings (SSSR count). The van der Waals surface area contributed by atoms with E-state index < -0.39 is 16.1 Å².